The van der Waals surface area contributed by atoms with Crippen molar-refractivity contribution in [3.63, 3.8) is 0 Å². The SMILES string of the molecule is C=C(C)/C=C(\C=C/C)c1ccc(N(c2ccc(-c3ccccc3)cc2)c2cccc3c2oc2ccccc23)cc1. The second-order valence-electron chi connectivity index (χ2n) is 9.99. The van der Waals surface area contributed by atoms with Crippen molar-refractivity contribution in [2.75, 3.05) is 4.90 Å². The Morgan fingerprint density at radius 2 is 1.30 bits per heavy atom. The number of allylic oxidation sites excluding steroid dienone is 5. The summed E-state index contributed by atoms with van der Waals surface area (Å²) in [5.41, 5.74) is 10.6. The van der Waals surface area contributed by atoms with Crippen molar-refractivity contribution in [2.24, 2.45) is 0 Å². The third-order valence-corrected chi connectivity index (χ3v) is 7.06. The molecule has 0 bridgehead atoms. The van der Waals surface area contributed by atoms with Crippen molar-refractivity contribution >= 4 is 44.6 Å². The van der Waals surface area contributed by atoms with Gasteiger partial charge < -0.3 is 9.32 Å². The lowest BCUT2D eigenvalue weighted by atomic mass is 10.0. The molecule has 0 aliphatic heterocycles. The van der Waals surface area contributed by atoms with Crippen LogP contribution in [0.4, 0.5) is 17.1 Å². The molecule has 0 aliphatic carbocycles. The highest BCUT2D eigenvalue weighted by Gasteiger charge is 2.19. The van der Waals surface area contributed by atoms with E-state index in [4.69, 9.17) is 4.42 Å². The fraction of sp³-hybridized carbons (Fsp3) is 0.0526. The summed E-state index contributed by atoms with van der Waals surface area (Å²) in [7, 11) is 0. The number of furan rings is 1. The number of hydrogen-bond donors (Lipinski definition) is 0. The van der Waals surface area contributed by atoms with Crippen molar-refractivity contribution in [3.8, 4) is 11.1 Å². The highest BCUT2D eigenvalue weighted by molar-refractivity contribution is 6.10. The molecule has 6 aromatic rings. The summed E-state index contributed by atoms with van der Waals surface area (Å²) in [5, 5.41) is 2.23. The summed E-state index contributed by atoms with van der Waals surface area (Å²) in [5.74, 6) is 0. The van der Waals surface area contributed by atoms with Crippen LogP contribution in [0.3, 0.4) is 0 Å². The zero-order valence-electron chi connectivity index (χ0n) is 22.8. The van der Waals surface area contributed by atoms with Gasteiger partial charge >= 0.3 is 0 Å². The molecule has 0 amide bonds. The summed E-state index contributed by atoms with van der Waals surface area (Å²) < 4.78 is 6.47. The number of nitrogens with zero attached hydrogens (tertiary/aromatic N) is 1. The van der Waals surface area contributed by atoms with Crippen molar-refractivity contribution in [3.05, 3.63) is 157 Å². The summed E-state index contributed by atoms with van der Waals surface area (Å²) in [6, 6.07) is 42.5. The molecule has 1 aromatic heterocycles. The van der Waals surface area contributed by atoms with Crippen LogP contribution in [0, 0.1) is 0 Å². The molecule has 0 radical (unpaired) electrons. The van der Waals surface area contributed by atoms with Gasteiger partial charge in [-0.15, -0.1) is 0 Å². The van der Waals surface area contributed by atoms with Crippen LogP contribution in [-0.4, -0.2) is 0 Å². The van der Waals surface area contributed by atoms with Crippen LogP contribution < -0.4 is 4.90 Å². The van der Waals surface area contributed by atoms with Gasteiger partial charge in [0.1, 0.15) is 5.58 Å². The molecule has 0 fully saturated rings. The molecule has 1 heterocycles. The van der Waals surface area contributed by atoms with Crippen molar-refractivity contribution in [2.45, 2.75) is 13.8 Å². The van der Waals surface area contributed by atoms with E-state index in [0.29, 0.717) is 0 Å². The van der Waals surface area contributed by atoms with Crippen LogP contribution in [0.1, 0.15) is 19.4 Å². The topological polar surface area (TPSA) is 16.4 Å². The Morgan fingerprint density at radius 1 is 0.675 bits per heavy atom. The summed E-state index contributed by atoms with van der Waals surface area (Å²) in [6.07, 6.45) is 6.30. The van der Waals surface area contributed by atoms with Gasteiger partial charge in [-0.05, 0) is 72.5 Å². The predicted molar refractivity (Wildman–Crippen MR) is 171 cm³/mol. The summed E-state index contributed by atoms with van der Waals surface area (Å²) in [4.78, 5) is 2.28. The number of anilines is 3. The van der Waals surface area contributed by atoms with Crippen LogP contribution in [0.15, 0.2) is 156 Å². The lowest BCUT2D eigenvalue weighted by Gasteiger charge is -2.26. The smallest absolute Gasteiger partial charge is 0.159 e. The number of fused-ring (bicyclic) bond motifs is 3. The molecule has 194 valence electrons. The second-order valence-corrected chi connectivity index (χ2v) is 9.99. The molecular formula is C38H31NO. The minimum atomic E-state index is 0.872. The van der Waals surface area contributed by atoms with E-state index < -0.39 is 0 Å². The first-order valence-corrected chi connectivity index (χ1v) is 13.6. The van der Waals surface area contributed by atoms with Crippen molar-refractivity contribution < 1.29 is 4.42 Å². The number of hydrogen-bond acceptors (Lipinski definition) is 2. The highest BCUT2D eigenvalue weighted by Crippen LogP contribution is 2.42. The molecule has 0 unspecified atom stereocenters. The first-order chi connectivity index (χ1) is 19.6. The minimum Gasteiger partial charge on any atom is -0.454 e. The van der Waals surface area contributed by atoms with Crippen LogP contribution >= 0.6 is 0 Å². The molecule has 40 heavy (non-hydrogen) atoms. The minimum absolute atomic E-state index is 0.872. The molecule has 0 aliphatic rings. The molecule has 0 spiro atoms. The summed E-state index contributed by atoms with van der Waals surface area (Å²) in [6.45, 7) is 8.13. The highest BCUT2D eigenvalue weighted by atomic mass is 16.3. The van der Waals surface area contributed by atoms with Gasteiger partial charge in [0.25, 0.3) is 0 Å². The van der Waals surface area contributed by atoms with Crippen molar-refractivity contribution in [1.82, 2.24) is 0 Å². The van der Waals surface area contributed by atoms with Gasteiger partial charge in [0.2, 0.25) is 0 Å². The standard InChI is InChI=1S/C38H31NO/c1-4-11-31(26-27(2)3)30-20-24-33(25-21-30)39(32-22-18-29(19-23-32)28-12-6-5-7-13-28)36-16-10-15-35-34-14-8-9-17-37(34)40-38(35)36/h4-26H,2H2,1,3H3/b11-4-,31-26+. The quantitative estimate of drug-likeness (QED) is 0.196. The maximum absolute atomic E-state index is 6.47. The third-order valence-electron chi connectivity index (χ3n) is 7.06. The second kappa shape index (κ2) is 11.0. The van der Waals surface area contributed by atoms with Crippen molar-refractivity contribution in [1.29, 1.82) is 0 Å². The third kappa shape index (κ3) is 4.88. The fourth-order valence-corrected chi connectivity index (χ4v) is 5.24. The maximum atomic E-state index is 6.47. The summed E-state index contributed by atoms with van der Waals surface area (Å²) >= 11 is 0. The number of benzene rings is 5. The Hall–Kier alpha value is -5.08. The molecule has 2 nitrogen and oxygen atoms in total. The van der Waals surface area contributed by atoms with E-state index in [1.54, 1.807) is 0 Å². The average molecular weight is 518 g/mol. The molecule has 0 saturated carbocycles. The normalized spacial score (nSPS) is 11.9. The van der Waals surface area contributed by atoms with Crippen LogP contribution in [0.5, 0.6) is 0 Å². The van der Waals surface area contributed by atoms with Crippen LogP contribution in [-0.2, 0) is 0 Å². The van der Waals surface area contributed by atoms with E-state index in [1.165, 1.54) is 11.1 Å². The Kier molecular flexibility index (Phi) is 6.91. The van der Waals surface area contributed by atoms with E-state index in [9.17, 15) is 0 Å². The molecule has 0 N–H and O–H groups in total. The number of para-hydroxylation sites is 2. The van der Waals surface area contributed by atoms with Gasteiger partial charge in [-0.25, -0.2) is 0 Å². The fourth-order valence-electron chi connectivity index (χ4n) is 5.24. The van der Waals surface area contributed by atoms with Gasteiger partial charge in [-0.3, -0.25) is 0 Å². The zero-order valence-corrected chi connectivity index (χ0v) is 22.8. The molecular weight excluding hydrogens is 486 g/mol. The van der Waals surface area contributed by atoms with Crippen LogP contribution in [0.2, 0.25) is 0 Å². The van der Waals surface area contributed by atoms with E-state index in [2.05, 4.69) is 133 Å². The van der Waals surface area contributed by atoms with Crippen LogP contribution in [0.25, 0.3) is 38.6 Å². The predicted octanol–water partition coefficient (Wildman–Crippen LogP) is 11.3. The van der Waals surface area contributed by atoms with E-state index in [-0.39, 0.29) is 0 Å². The Morgan fingerprint density at radius 3 is 2.00 bits per heavy atom. The Bertz CT molecular complexity index is 1850. The first kappa shape index (κ1) is 25.2. The Balaban J connectivity index is 1.50. The lowest BCUT2D eigenvalue weighted by Crippen LogP contribution is -2.10. The Labute approximate surface area is 235 Å². The molecule has 2 heteroatoms. The van der Waals surface area contributed by atoms with Gasteiger partial charge in [-0.2, -0.15) is 0 Å². The molecule has 6 rings (SSSR count). The first-order valence-electron chi connectivity index (χ1n) is 13.6. The molecule has 5 aromatic carbocycles. The lowest BCUT2D eigenvalue weighted by molar-refractivity contribution is 0.669. The maximum Gasteiger partial charge on any atom is 0.159 e. The average Bonchev–Trinajstić information content (AvgIpc) is 3.38. The number of rotatable bonds is 7. The van der Waals surface area contributed by atoms with Gasteiger partial charge in [0, 0.05) is 22.1 Å². The van der Waals surface area contributed by atoms with E-state index in [0.717, 1.165) is 55.7 Å². The molecule has 0 atom stereocenters. The van der Waals surface area contributed by atoms with Gasteiger partial charge in [0.05, 0.1) is 5.69 Å². The zero-order chi connectivity index (χ0) is 27.5. The van der Waals surface area contributed by atoms with Gasteiger partial charge in [-0.1, -0.05) is 115 Å². The largest absolute Gasteiger partial charge is 0.454 e. The van der Waals surface area contributed by atoms with E-state index >= 15 is 0 Å². The van der Waals surface area contributed by atoms with Gasteiger partial charge in [0.15, 0.2) is 5.58 Å². The molecule has 0 saturated heterocycles. The monoisotopic (exact) mass is 517 g/mol. The van der Waals surface area contributed by atoms with E-state index in [1.807, 2.05) is 32.0 Å².